The van der Waals surface area contributed by atoms with Gasteiger partial charge in [0.15, 0.2) is 6.61 Å². The fourth-order valence-electron chi connectivity index (χ4n) is 2.57. The maximum atomic E-state index is 13.2. The third kappa shape index (κ3) is 4.32. The van der Waals surface area contributed by atoms with Gasteiger partial charge in [0.1, 0.15) is 11.4 Å². The highest BCUT2D eigenvalue weighted by Crippen LogP contribution is 2.38. The largest absolute Gasteiger partial charge is 0.487 e. The summed E-state index contributed by atoms with van der Waals surface area (Å²) in [7, 11) is 0. The van der Waals surface area contributed by atoms with E-state index in [0.717, 1.165) is 0 Å². The second kappa shape index (κ2) is 7.16. The SMILES string of the molecule is Cc1cc(C(=O)NN)nc2c(C(C)(C)C)cc(OCC(F)(F)C(F)(F)F)cc12. The summed E-state index contributed by atoms with van der Waals surface area (Å²) in [6.45, 7) is 5.23. The highest BCUT2D eigenvalue weighted by molar-refractivity contribution is 5.96. The van der Waals surface area contributed by atoms with E-state index in [1.165, 1.54) is 18.2 Å². The summed E-state index contributed by atoms with van der Waals surface area (Å²) in [5.41, 5.74) is 2.94. The van der Waals surface area contributed by atoms with Crippen LogP contribution in [0, 0.1) is 6.92 Å². The normalized spacial score (nSPS) is 12.9. The molecule has 0 unspecified atom stereocenters. The summed E-state index contributed by atoms with van der Waals surface area (Å²) in [4.78, 5) is 16.1. The molecule has 1 aromatic heterocycles. The van der Waals surface area contributed by atoms with Gasteiger partial charge in [-0.1, -0.05) is 20.8 Å². The molecular formula is C18H20F5N3O2. The first-order chi connectivity index (χ1) is 12.7. The highest BCUT2D eigenvalue weighted by Gasteiger charge is 2.58. The van der Waals surface area contributed by atoms with E-state index in [4.69, 9.17) is 10.6 Å². The van der Waals surface area contributed by atoms with E-state index in [9.17, 15) is 26.7 Å². The summed E-state index contributed by atoms with van der Waals surface area (Å²) in [5.74, 6) is -0.613. The number of rotatable bonds is 4. The summed E-state index contributed by atoms with van der Waals surface area (Å²) >= 11 is 0. The Balaban J connectivity index is 2.60. The molecule has 5 nitrogen and oxygen atoms in total. The molecule has 0 aliphatic rings. The quantitative estimate of drug-likeness (QED) is 0.349. The lowest BCUT2D eigenvalue weighted by Crippen LogP contribution is -2.41. The van der Waals surface area contributed by atoms with Crippen molar-refractivity contribution in [3.8, 4) is 5.75 Å². The number of amides is 1. The van der Waals surface area contributed by atoms with E-state index in [-0.39, 0.29) is 11.4 Å². The minimum atomic E-state index is -5.71. The van der Waals surface area contributed by atoms with Crippen LogP contribution < -0.4 is 16.0 Å². The lowest BCUT2D eigenvalue weighted by atomic mass is 9.84. The third-order valence-electron chi connectivity index (χ3n) is 4.10. The van der Waals surface area contributed by atoms with Crippen LogP contribution in [-0.2, 0) is 5.41 Å². The predicted octanol–water partition coefficient (Wildman–Crippen LogP) is 4.02. The number of fused-ring (bicyclic) bond motifs is 1. The molecule has 1 amide bonds. The molecule has 0 atom stereocenters. The molecule has 0 spiro atoms. The first kappa shape index (κ1) is 21.8. The number of hydrogen-bond acceptors (Lipinski definition) is 4. The number of hydrogen-bond donors (Lipinski definition) is 2. The van der Waals surface area contributed by atoms with Crippen LogP contribution in [-0.4, -0.2) is 29.6 Å². The fourth-order valence-corrected chi connectivity index (χ4v) is 2.57. The number of benzene rings is 1. The standard InChI is InChI=1S/C18H20F5N3O2/c1-9-5-13(15(27)26-24)25-14-11(9)6-10(7-12(14)16(2,3)4)28-8-17(19,20)18(21,22)23/h5-7H,8,24H2,1-4H3,(H,26,27). The molecule has 3 N–H and O–H groups in total. The molecule has 2 aromatic rings. The molecule has 10 heteroatoms. The van der Waals surface area contributed by atoms with Crippen LogP contribution in [0.2, 0.25) is 0 Å². The molecule has 2 rings (SSSR count). The van der Waals surface area contributed by atoms with E-state index in [1.54, 1.807) is 6.92 Å². The first-order valence-electron chi connectivity index (χ1n) is 8.21. The smallest absolute Gasteiger partial charge is 0.456 e. The van der Waals surface area contributed by atoms with E-state index in [2.05, 4.69) is 4.98 Å². The highest BCUT2D eigenvalue weighted by atomic mass is 19.4. The van der Waals surface area contributed by atoms with Gasteiger partial charge in [-0.15, -0.1) is 0 Å². The maximum Gasteiger partial charge on any atom is 0.456 e. The van der Waals surface area contributed by atoms with Crippen molar-refractivity contribution in [3.63, 3.8) is 0 Å². The van der Waals surface area contributed by atoms with Crippen molar-refractivity contribution in [2.24, 2.45) is 5.84 Å². The average molecular weight is 405 g/mol. The average Bonchev–Trinajstić information content (AvgIpc) is 2.57. The van der Waals surface area contributed by atoms with Gasteiger partial charge in [0, 0.05) is 5.39 Å². The Kier molecular flexibility index (Phi) is 5.57. The topological polar surface area (TPSA) is 77.2 Å². The Morgan fingerprint density at radius 1 is 1.14 bits per heavy atom. The van der Waals surface area contributed by atoms with Gasteiger partial charge in [-0.05, 0) is 41.7 Å². The molecule has 0 saturated carbocycles. The number of aryl methyl sites for hydroxylation is 1. The molecule has 0 saturated heterocycles. The van der Waals surface area contributed by atoms with E-state index in [0.29, 0.717) is 22.0 Å². The third-order valence-corrected chi connectivity index (χ3v) is 4.10. The van der Waals surface area contributed by atoms with Crippen molar-refractivity contribution in [1.82, 2.24) is 10.4 Å². The van der Waals surface area contributed by atoms with Gasteiger partial charge >= 0.3 is 12.1 Å². The molecule has 0 aliphatic heterocycles. The second-order valence-corrected chi connectivity index (χ2v) is 7.41. The molecular weight excluding hydrogens is 385 g/mol. The number of pyridine rings is 1. The van der Waals surface area contributed by atoms with Crippen molar-refractivity contribution >= 4 is 16.8 Å². The molecule has 154 valence electrons. The first-order valence-corrected chi connectivity index (χ1v) is 8.21. The lowest BCUT2D eigenvalue weighted by Gasteiger charge is -2.24. The maximum absolute atomic E-state index is 13.2. The molecule has 0 fully saturated rings. The van der Waals surface area contributed by atoms with Crippen molar-refractivity contribution in [3.05, 3.63) is 35.0 Å². The molecule has 1 heterocycles. The number of carbonyl (C=O) groups excluding carboxylic acids is 1. The zero-order valence-corrected chi connectivity index (χ0v) is 15.7. The second-order valence-electron chi connectivity index (χ2n) is 7.41. The summed E-state index contributed by atoms with van der Waals surface area (Å²) in [6.07, 6.45) is -5.71. The number of aromatic nitrogens is 1. The van der Waals surface area contributed by atoms with E-state index < -0.39 is 30.0 Å². The molecule has 0 radical (unpaired) electrons. The van der Waals surface area contributed by atoms with Crippen molar-refractivity contribution in [1.29, 1.82) is 0 Å². The van der Waals surface area contributed by atoms with Crippen molar-refractivity contribution in [2.75, 3.05) is 6.61 Å². The van der Waals surface area contributed by atoms with Gasteiger partial charge in [0.05, 0.1) is 5.52 Å². The predicted molar refractivity (Wildman–Crippen MR) is 93.3 cm³/mol. The molecule has 28 heavy (non-hydrogen) atoms. The number of nitrogens with zero attached hydrogens (tertiary/aromatic N) is 1. The van der Waals surface area contributed by atoms with Crippen LogP contribution >= 0.6 is 0 Å². The van der Waals surface area contributed by atoms with Crippen LogP contribution in [0.15, 0.2) is 18.2 Å². The van der Waals surface area contributed by atoms with Gasteiger partial charge in [-0.2, -0.15) is 22.0 Å². The zero-order valence-electron chi connectivity index (χ0n) is 15.7. The van der Waals surface area contributed by atoms with Gasteiger partial charge in [-0.25, -0.2) is 10.8 Å². The number of halogens is 5. The van der Waals surface area contributed by atoms with Crippen LogP contribution in [0.1, 0.15) is 42.4 Å². The Bertz CT molecular complexity index is 905. The summed E-state index contributed by atoms with van der Waals surface area (Å²) < 4.78 is 68.4. The number of alkyl halides is 5. The number of nitrogen functional groups attached to an aromatic ring is 1. The van der Waals surface area contributed by atoms with Crippen LogP contribution in [0.4, 0.5) is 22.0 Å². The van der Waals surface area contributed by atoms with Gasteiger partial charge in [0.25, 0.3) is 5.91 Å². The monoisotopic (exact) mass is 405 g/mol. The van der Waals surface area contributed by atoms with Gasteiger partial charge in [0.2, 0.25) is 0 Å². The van der Waals surface area contributed by atoms with Crippen LogP contribution in [0.3, 0.4) is 0 Å². The Morgan fingerprint density at radius 2 is 1.75 bits per heavy atom. The fraction of sp³-hybridized carbons (Fsp3) is 0.444. The van der Waals surface area contributed by atoms with E-state index in [1.807, 2.05) is 26.2 Å². The van der Waals surface area contributed by atoms with E-state index >= 15 is 0 Å². The molecule has 0 aliphatic carbocycles. The lowest BCUT2D eigenvalue weighted by molar-refractivity contribution is -0.290. The van der Waals surface area contributed by atoms with Crippen molar-refractivity contribution in [2.45, 2.75) is 45.2 Å². The van der Waals surface area contributed by atoms with Crippen LogP contribution in [0.5, 0.6) is 5.75 Å². The molecule has 0 bridgehead atoms. The summed E-state index contributed by atoms with van der Waals surface area (Å²) in [6, 6.07) is 4.11. The molecule has 1 aromatic carbocycles. The number of hydrazine groups is 1. The van der Waals surface area contributed by atoms with Gasteiger partial charge in [-0.3, -0.25) is 10.2 Å². The number of nitrogens with one attached hydrogen (secondary N) is 1. The summed E-state index contributed by atoms with van der Waals surface area (Å²) in [5, 5.41) is 0.464. The Labute approximate surface area is 158 Å². The Hall–Kier alpha value is -2.49. The Morgan fingerprint density at radius 3 is 2.25 bits per heavy atom. The number of nitrogens with two attached hydrogens (primary N) is 1. The van der Waals surface area contributed by atoms with Crippen molar-refractivity contribution < 1.29 is 31.5 Å². The zero-order chi connectivity index (χ0) is 21.5. The minimum Gasteiger partial charge on any atom is -0.487 e. The number of carbonyl (C=O) groups is 1. The van der Waals surface area contributed by atoms with Crippen LogP contribution in [0.25, 0.3) is 10.9 Å². The minimum absolute atomic E-state index is 0.0512. The van der Waals surface area contributed by atoms with Gasteiger partial charge < -0.3 is 4.74 Å². The number of ether oxygens (including phenoxy) is 1.